The molecular weight excluding hydrogens is 302 g/mol. The molecule has 1 aromatic carbocycles. The van der Waals surface area contributed by atoms with Crippen LogP contribution in [0.1, 0.15) is 12.1 Å². The van der Waals surface area contributed by atoms with Crippen LogP contribution in [0.5, 0.6) is 0 Å². The summed E-state index contributed by atoms with van der Waals surface area (Å²) in [6, 6.07) is 10.3. The van der Waals surface area contributed by atoms with Gasteiger partial charge in [0.05, 0.1) is 6.61 Å². The largest absolute Gasteiger partial charge is 0.383 e. The van der Waals surface area contributed by atoms with Crippen LogP contribution in [0.2, 0.25) is 0 Å². The lowest BCUT2D eigenvalue weighted by atomic mass is 10.1. The summed E-state index contributed by atoms with van der Waals surface area (Å²) in [6.45, 7) is 7.12. The lowest BCUT2D eigenvalue weighted by Crippen LogP contribution is -2.33. The van der Waals surface area contributed by atoms with Gasteiger partial charge in [-0.15, -0.1) is 0 Å². The zero-order chi connectivity index (χ0) is 16.9. The number of carbonyl (C=O) groups is 1. The molecule has 0 bridgehead atoms. The van der Waals surface area contributed by atoms with Gasteiger partial charge in [-0.2, -0.15) is 0 Å². The molecule has 2 aromatic rings. The third-order valence-corrected chi connectivity index (χ3v) is 4.89. The van der Waals surface area contributed by atoms with Crippen molar-refractivity contribution in [3.05, 3.63) is 36.0 Å². The Morgan fingerprint density at radius 3 is 3.04 bits per heavy atom. The van der Waals surface area contributed by atoms with Gasteiger partial charge in [0.15, 0.2) is 0 Å². The smallest absolute Gasteiger partial charge is 0.239 e. The van der Waals surface area contributed by atoms with Crippen LogP contribution in [0, 0.1) is 12.8 Å². The molecule has 1 aliphatic rings. The fourth-order valence-electron chi connectivity index (χ4n) is 3.52. The summed E-state index contributed by atoms with van der Waals surface area (Å²) < 4.78 is 7.22. The van der Waals surface area contributed by atoms with Crippen LogP contribution in [-0.2, 0) is 16.1 Å². The van der Waals surface area contributed by atoms with E-state index in [1.165, 1.54) is 5.39 Å². The Labute approximate surface area is 143 Å². The predicted molar refractivity (Wildman–Crippen MR) is 96.1 cm³/mol. The number of hydrogen-bond donors (Lipinski definition) is 1. The average molecular weight is 329 g/mol. The highest BCUT2D eigenvalue weighted by molar-refractivity contribution is 5.84. The standard InChI is InChI=1S/C19H27N3O2/c1-15-11-17-5-3-4-6-18(17)22(15)14-19(23)20-12-16-7-8-21(13-16)9-10-24-2/h3-6,11,16H,7-10,12-14H2,1-2H3,(H,20,23)/t16-/m1/s1. The number of carbonyl (C=O) groups excluding carboxylic acids is 1. The summed E-state index contributed by atoms with van der Waals surface area (Å²) in [5, 5.41) is 4.30. The van der Waals surface area contributed by atoms with Gasteiger partial charge in [0.25, 0.3) is 0 Å². The molecule has 1 aliphatic heterocycles. The van der Waals surface area contributed by atoms with E-state index in [4.69, 9.17) is 4.74 Å². The number of fused-ring (bicyclic) bond motifs is 1. The molecule has 130 valence electrons. The Bertz CT molecular complexity index is 695. The first-order valence-electron chi connectivity index (χ1n) is 8.70. The molecule has 1 aromatic heterocycles. The Balaban J connectivity index is 1.50. The van der Waals surface area contributed by atoms with Crippen LogP contribution >= 0.6 is 0 Å². The number of hydrogen-bond acceptors (Lipinski definition) is 3. The molecule has 0 spiro atoms. The van der Waals surface area contributed by atoms with Crippen molar-refractivity contribution in [1.29, 1.82) is 0 Å². The van der Waals surface area contributed by atoms with Crippen molar-refractivity contribution in [3.8, 4) is 0 Å². The molecule has 1 amide bonds. The number of methoxy groups -OCH3 is 1. The van der Waals surface area contributed by atoms with Gasteiger partial charge in [-0.3, -0.25) is 4.79 Å². The summed E-state index contributed by atoms with van der Waals surface area (Å²) in [5.41, 5.74) is 2.25. The summed E-state index contributed by atoms with van der Waals surface area (Å²) >= 11 is 0. The topological polar surface area (TPSA) is 46.5 Å². The zero-order valence-electron chi connectivity index (χ0n) is 14.6. The van der Waals surface area contributed by atoms with Gasteiger partial charge in [-0.05, 0) is 43.3 Å². The van der Waals surface area contributed by atoms with Crippen LogP contribution in [0.4, 0.5) is 0 Å². The van der Waals surface area contributed by atoms with E-state index in [0.717, 1.165) is 50.4 Å². The van der Waals surface area contributed by atoms with E-state index in [1.807, 2.05) is 12.1 Å². The van der Waals surface area contributed by atoms with Crippen LogP contribution < -0.4 is 5.32 Å². The number of benzene rings is 1. The summed E-state index contributed by atoms with van der Waals surface area (Å²) in [5.74, 6) is 0.642. The van der Waals surface area contributed by atoms with E-state index >= 15 is 0 Å². The third kappa shape index (κ3) is 3.97. The minimum atomic E-state index is 0.0924. The third-order valence-electron chi connectivity index (χ3n) is 4.89. The van der Waals surface area contributed by atoms with Crippen LogP contribution in [0.3, 0.4) is 0 Å². The van der Waals surface area contributed by atoms with Crippen molar-refractivity contribution < 1.29 is 9.53 Å². The Kier molecular flexibility index (Phi) is 5.53. The van der Waals surface area contributed by atoms with Gasteiger partial charge in [0.2, 0.25) is 5.91 Å². The van der Waals surface area contributed by atoms with Crippen LogP contribution in [-0.4, -0.2) is 55.3 Å². The molecule has 0 unspecified atom stereocenters. The van der Waals surface area contributed by atoms with Crippen molar-refractivity contribution >= 4 is 16.8 Å². The highest BCUT2D eigenvalue weighted by Crippen LogP contribution is 2.19. The molecule has 0 aliphatic carbocycles. The van der Waals surface area contributed by atoms with E-state index < -0.39 is 0 Å². The van der Waals surface area contributed by atoms with E-state index in [1.54, 1.807) is 7.11 Å². The van der Waals surface area contributed by atoms with E-state index in [9.17, 15) is 4.79 Å². The number of nitrogens with zero attached hydrogens (tertiary/aromatic N) is 2. The highest BCUT2D eigenvalue weighted by Gasteiger charge is 2.22. The van der Waals surface area contributed by atoms with Gasteiger partial charge >= 0.3 is 0 Å². The lowest BCUT2D eigenvalue weighted by molar-refractivity contribution is -0.121. The summed E-state index contributed by atoms with van der Waals surface area (Å²) in [7, 11) is 1.74. The Morgan fingerprint density at radius 1 is 1.38 bits per heavy atom. The van der Waals surface area contributed by atoms with Gasteiger partial charge < -0.3 is 19.5 Å². The Hall–Kier alpha value is -1.85. The molecule has 1 atom stereocenters. The number of ether oxygens (including phenoxy) is 1. The monoisotopic (exact) mass is 329 g/mol. The van der Waals surface area contributed by atoms with E-state index in [-0.39, 0.29) is 5.91 Å². The molecule has 1 fully saturated rings. The van der Waals surface area contributed by atoms with Gasteiger partial charge in [-0.25, -0.2) is 0 Å². The molecule has 0 radical (unpaired) electrons. The number of aryl methyl sites for hydroxylation is 1. The SMILES string of the molecule is COCCN1CC[C@H](CNC(=O)Cn2c(C)cc3ccccc32)C1. The summed E-state index contributed by atoms with van der Waals surface area (Å²) in [6.07, 6.45) is 1.15. The first-order valence-corrected chi connectivity index (χ1v) is 8.70. The fraction of sp³-hybridized carbons (Fsp3) is 0.526. The van der Waals surface area contributed by atoms with Crippen molar-refractivity contribution in [2.75, 3.05) is 39.9 Å². The molecule has 0 saturated carbocycles. The molecule has 3 rings (SSSR count). The fourth-order valence-corrected chi connectivity index (χ4v) is 3.52. The van der Waals surface area contributed by atoms with Gasteiger partial charge in [-0.1, -0.05) is 18.2 Å². The normalized spacial score (nSPS) is 18.3. The maximum Gasteiger partial charge on any atom is 0.239 e. The number of likely N-dealkylation sites (tertiary alicyclic amines) is 1. The minimum Gasteiger partial charge on any atom is -0.383 e. The number of rotatable bonds is 7. The first-order chi connectivity index (χ1) is 11.7. The second-order valence-electron chi connectivity index (χ2n) is 6.68. The second-order valence-corrected chi connectivity index (χ2v) is 6.68. The Morgan fingerprint density at radius 2 is 2.21 bits per heavy atom. The molecule has 24 heavy (non-hydrogen) atoms. The van der Waals surface area contributed by atoms with E-state index in [2.05, 4.69) is 39.9 Å². The lowest BCUT2D eigenvalue weighted by Gasteiger charge is -2.16. The number of para-hydroxylation sites is 1. The maximum absolute atomic E-state index is 12.4. The van der Waals surface area contributed by atoms with Crippen molar-refractivity contribution in [2.24, 2.45) is 5.92 Å². The summed E-state index contributed by atoms with van der Waals surface area (Å²) in [4.78, 5) is 14.8. The average Bonchev–Trinajstić information content (AvgIpc) is 3.16. The van der Waals surface area contributed by atoms with Crippen LogP contribution in [0.15, 0.2) is 30.3 Å². The van der Waals surface area contributed by atoms with Crippen LogP contribution in [0.25, 0.3) is 10.9 Å². The molecule has 1 N–H and O–H groups in total. The quantitative estimate of drug-likeness (QED) is 0.845. The minimum absolute atomic E-state index is 0.0924. The number of aromatic nitrogens is 1. The molecule has 5 nitrogen and oxygen atoms in total. The van der Waals surface area contributed by atoms with Gasteiger partial charge in [0, 0.05) is 38.0 Å². The predicted octanol–water partition coefficient (Wildman–Crippen LogP) is 2.03. The number of nitrogens with one attached hydrogen (secondary N) is 1. The molecule has 1 saturated heterocycles. The molecule has 2 heterocycles. The van der Waals surface area contributed by atoms with Crippen molar-refractivity contribution in [3.63, 3.8) is 0 Å². The first kappa shape index (κ1) is 17.0. The highest BCUT2D eigenvalue weighted by atomic mass is 16.5. The zero-order valence-corrected chi connectivity index (χ0v) is 14.6. The maximum atomic E-state index is 12.4. The van der Waals surface area contributed by atoms with Gasteiger partial charge in [0.1, 0.15) is 6.54 Å². The van der Waals surface area contributed by atoms with Crippen molar-refractivity contribution in [2.45, 2.75) is 19.9 Å². The second kappa shape index (κ2) is 7.81. The molecule has 5 heteroatoms. The number of amides is 1. The van der Waals surface area contributed by atoms with E-state index in [0.29, 0.717) is 12.5 Å². The molecular formula is C19H27N3O2. The van der Waals surface area contributed by atoms with Crippen molar-refractivity contribution in [1.82, 2.24) is 14.8 Å².